The molecule has 7 unspecified atom stereocenters. The van der Waals surface area contributed by atoms with Crippen molar-refractivity contribution < 1.29 is 19.4 Å². The molecule has 4 aliphatic heterocycles. The number of hydrogen-bond donors (Lipinski definition) is 1. The van der Waals surface area contributed by atoms with Crippen LogP contribution in [-0.2, 0) is 14.3 Å². The van der Waals surface area contributed by atoms with Crippen LogP contribution >= 0.6 is 0 Å². The molecule has 1 fully saturated rings. The van der Waals surface area contributed by atoms with E-state index in [1.165, 1.54) is 22.4 Å². The quantitative estimate of drug-likeness (QED) is 0.328. The molecule has 0 aromatic carbocycles. The van der Waals surface area contributed by atoms with Gasteiger partial charge in [-0.3, -0.25) is 4.99 Å². The number of hydrogen-bond acceptors (Lipinski definition) is 5. The van der Waals surface area contributed by atoms with E-state index in [0.29, 0.717) is 17.9 Å². The summed E-state index contributed by atoms with van der Waals surface area (Å²) in [4.78, 5) is 17.4. The van der Waals surface area contributed by atoms with E-state index in [0.717, 1.165) is 63.5 Å². The van der Waals surface area contributed by atoms with E-state index in [1.54, 1.807) is 0 Å². The van der Waals surface area contributed by atoms with Crippen molar-refractivity contribution in [3.05, 3.63) is 46.1 Å². The molecule has 0 radical (unpaired) electrons. The maximum atomic E-state index is 12.2. The monoisotopic (exact) mass is 507 g/mol. The Morgan fingerprint density at radius 2 is 1.86 bits per heavy atom. The molecule has 1 N–H and O–H groups in total. The number of nitrogens with zero attached hydrogens (tertiary/aromatic N) is 1. The number of carbonyl (C=O) groups is 1. The van der Waals surface area contributed by atoms with Crippen molar-refractivity contribution in [2.75, 3.05) is 6.54 Å². The number of aliphatic imine (C=N–C) groups is 1. The summed E-state index contributed by atoms with van der Waals surface area (Å²) >= 11 is 0. The molecule has 7 atom stereocenters. The molecule has 4 heterocycles. The predicted octanol–water partition coefficient (Wildman–Crippen LogP) is 6.43. The van der Waals surface area contributed by atoms with Crippen LogP contribution in [0.15, 0.2) is 51.1 Å². The minimum Gasteiger partial charge on any atom is -0.450 e. The summed E-state index contributed by atoms with van der Waals surface area (Å²) in [6, 6.07) is 0. The summed E-state index contributed by atoms with van der Waals surface area (Å²) in [6.45, 7) is 11.6. The number of aliphatic hydroxyl groups is 1. The highest BCUT2D eigenvalue weighted by molar-refractivity contribution is 5.93. The van der Waals surface area contributed by atoms with Crippen LogP contribution in [0.2, 0.25) is 0 Å². The van der Waals surface area contributed by atoms with Crippen molar-refractivity contribution in [3.63, 3.8) is 0 Å². The lowest BCUT2D eigenvalue weighted by Gasteiger charge is -2.48. The third kappa shape index (κ3) is 5.06. The number of aliphatic hydroxyl groups excluding tert-OH is 1. The van der Waals surface area contributed by atoms with Crippen molar-refractivity contribution in [2.45, 2.75) is 117 Å². The van der Waals surface area contributed by atoms with Gasteiger partial charge in [-0.25, -0.2) is 4.79 Å². The minimum atomic E-state index is -0.481. The SMILES string of the molecule is CC1=CC(C2=C(C)C3/C=C(/C)C(O)CCC4CC(C)C(O4)/C(C)=C/CCC4=NCCCC43CC2)OC1=O. The molecule has 1 saturated heterocycles. The van der Waals surface area contributed by atoms with E-state index in [1.807, 2.05) is 13.0 Å². The highest BCUT2D eigenvalue weighted by Crippen LogP contribution is 2.53. The second-order valence-electron chi connectivity index (χ2n) is 12.3. The molecule has 202 valence electrons. The van der Waals surface area contributed by atoms with Crippen LogP contribution in [0.4, 0.5) is 0 Å². The predicted molar refractivity (Wildman–Crippen MR) is 147 cm³/mol. The Morgan fingerprint density at radius 1 is 1.05 bits per heavy atom. The zero-order chi connectivity index (χ0) is 26.3. The van der Waals surface area contributed by atoms with Crippen LogP contribution in [0, 0.1) is 17.3 Å². The summed E-state index contributed by atoms with van der Waals surface area (Å²) < 4.78 is 12.2. The van der Waals surface area contributed by atoms with Gasteiger partial charge in [0.15, 0.2) is 0 Å². The first kappa shape index (κ1) is 26.6. The van der Waals surface area contributed by atoms with Gasteiger partial charge in [-0.2, -0.15) is 0 Å². The van der Waals surface area contributed by atoms with Crippen LogP contribution in [0.5, 0.6) is 0 Å². The van der Waals surface area contributed by atoms with E-state index in [2.05, 4.69) is 39.8 Å². The van der Waals surface area contributed by atoms with E-state index in [-0.39, 0.29) is 35.6 Å². The molecule has 37 heavy (non-hydrogen) atoms. The number of ether oxygens (including phenoxy) is 2. The first-order valence-electron chi connectivity index (χ1n) is 14.5. The third-order valence-electron chi connectivity index (χ3n) is 9.87. The fraction of sp³-hybridized carbons (Fsp3) is 0.688. The molecule has 5 rings (SSSR count). The molecule has 5 aliphatic rings. The first-order valence-corrected chi connectivity index (χ1v) is 14.5. The molecule has 2 bridgehead atoms. The number of cyclic esters (lactones) is 1. The second-order valence-corrected chi connectivity index (χ2v) is 12.3. The molecular weight excluding hydrogens is 462 g/mol. The van der Waals surface area contributed by atoms with Gasteiger partial charge >= 0.3 is 5.97 Å². The van der Waals surface area contributed by atoms with Crippen LogP contribution in [0.25, 0.3) is 0 Å². The van der Waals surface area contributed by atoms with Crippen molar-refractivity contribution in [1.82, 2.24) is 0 Å². The van der Waals surface area contributed by atoms with E-state index >= 15 is 0 Å². The third-order valence-corrected chi connectivity index (χ3v) is 9.87. The Hall–Kier alpha value is -1.98. The van der Waals surface area contributed by atoms with Gasteiger partial charge in [0.25, 0.3) is 0 Å². The molecule has 1 aliphatic carbocycles. The summed E-state index contributed by atoms with van der Waals surface area (Å²) in [5.74, 6) is 0.459. The Kier molecular flexibility index (Phi) is 7.66. The van der Waals surface area contributed by atoms with Crippen LogP contribution in [0.3, 0.4) is 0 Å². The number of rotatable bonds is 1. The molecule has 5 nitrogen and oxygen atoms in total. The average Bonchev–Trinajstić information content (AvgIpc) is 3.41. The zero-order valence-corrected chi connectivity index (χ0v) is 23.4. The van der Waals surface area contributed by atoms with Crippen LogP contribution in [0.1, 0.15) is 92.4 Å². The van der Waals surface area contributed by atoms with Gasteiger partial charge < -0.3 is 14.6 Å². The average molecular weight is 508 g/mol. The largest absolute Gasteiger partial charge is 0.450 e. The molecule has 0 aromatic rings. The maximum absolute atomic E-state index is 12.2. The van der Waals surface area contributed by atoms with Gasteiger partial charge in [0, 0.05) is 29.2 Å². The topological polar surface area (TPSA) is 68.1 Å². The van der Waals surface area contributed by atoms with Crippen LogP contribution in [-0.4, -0.2) is 47.7 Å². The summed E-state index contributed by atoms with van der Waals surface area (Å²) in [5.41, 5.74) is 6.92. The van der Waals surface area contributed by atoms with E-state index in [4.69, 9.17) is 14.5 Å². The van der Waals surface area contributed by atoms with Gasteiger partial charge in [0.1, 0.15) is 6.10 Å². The lowest BCUT2D eigenvalue weighted by molar-refractivity contribution is -0.138. The highest BCUT2D eigenvalue weighted by atomic mass is 16.5. The first-order chi connectivity index (χ1) is 17.7. The van der Waals surface area contributed by atoms with Gasteiger partial charge in [-0.1, -0.05) is 24.6 Å². The number of esters is 1. The lowest BCUT2D eigenvalue weighted by atomic mass is 9.57. The van der Waals surface area contributed by atoms with Gasteiger partial charge in [0.05, 0.1) is 18.3 Å². The Bertz CT molecular complexity index is 1080. The smallest absolute Gasteiger partial charge is 0.334 e. The maximum Gasteiger partial charge on any atom is 0.334 e. The van der Waals surface area contributed by atoms with Crippen LogP contribution < -0.4 is 0 Å². The summed E-state index contributed by atoms with van der Waals surface area (Å²) in [7, 11) is 0. The normalized spacial score (nSPS) is 42.2. The minimum absolute atomic E-state index is 0.0289. The Morgan fingerprint density at radius 3 is 2.62 bits per heavy atom. The van der Waals surface area contributed by atoms with E-state index < -0.39 is 6.10 Å². The van der Waals surface area contributed by atoms with Crippen molar-refractivity contribution in [1.29, 1.82) is 0 Å². The van der Waals surface area contributed by atoms with Crippen molar-refractivity contribution >= 4 is 11.7 Å². The molecule has 1 spiro atoms. The van der Waals surface area contributed by atoms with Gasteiger partial charge in [-0.15, -0.1) is 0 Å². The number of fused-ring (bicyclic) bond motifs is 2. The van der Waals surface area contributed by atoms with Gasteiger partial charge in [0.2, 0.25) is 0 Å². The van der Waals surface area contributed by atoms with Gasteiger partial charge in [-0.05, 0) is 114 Å². The van der Waals surface area contributed by atoms with Crippen molar-refractivity contribution in [3.8, 4) is 0 Å². The highest BCUT2D eigenvalue weighted by Gasteiger charge is 2.48. The van der Waals surface area contributed by atoms with Crippen molar-refractivity contribution in [2.24, 2.45) is 22.2 Å². The fourth-order valence-corrected chi connectivity index (χ4v) is 7.70. The molecule has 5 heteroatoms. The standard InChI is InChI=1S/C32H45NO4/c1-19-8-6-9-29-32(13-7-15-33-29)14-12-25(28-18-22(4)31(35)37-28)23(5)26(32)17-20(2)27(34)11-10-24-16-21(3)30(19)36-24/h8,17-18,21,24,26-28,30,34H,6-7,9-16H2,1-5H3/b19-8+,20-17-. The molecule has 0 amide bonds. The van der Waals surface area contributed by atoms with E-state index in [9.17, 15) is 9.90 Å². The number of allylic oxidation sites excluding steroid dienone is 3. The zero-order valence-electron chi connectivity index (χ0n) is 23.4. The summed E-state index contributed by atoms with van der Waals surface area (Å²) in [5, 5.41) is 11.2. The molecular formula is C32H45NO4. The lowest BCUT2D eigenvalue weighted by Crippen LogP contribution is -2.44. The summed E-state index contributed by atoms with van der Waals surface area (Å²) in [6.07, 6.45) is 15.1. The molecule has 0 saturated carbocycles. The molecule has 0 aromatic heterocycles. The Labute approximate surface area is 222 Å². The second kappa shape index (κ2) is 10.6. The Balaban J connectivity index is 1.55. The fourth-order valence-electron chi connectivity index (χ4n) is 7.70. The number of carbonyl (C=O) groups excluding carboxylic acids is 1.